The first-order valence-electron chi connectivity index (χ1n) is 11.0. The van der Waals surface area contributed by atoms with Crippen LogP contribution in [-0.2, 0) is 34.8 Å². The fourth-order valence-electron chi connectivity index (χ4n) is 4.63. The number of furan rings is 1. The van der Waals surface area contributed by atoms with Crippen LogP contribution in [0.25, 0.3) is 0 Å². The predicted molar refractivity (Wildman–Crippen MR) is 117 cm³/mol. The SMILES string of the molecule is COc1ccc(CNC(=O)C2Cn3ccnc3C3(CCN(Cc4ccoc4)CC3)O2)cc1. The highest BCUT2D eigenvalue weighted by molar-refractivity contribution is 5.81. The Kier molecular flexibility index (Phi) is 5.71. The van der Waals surface area contributed by atoms with E-state index in [0.29, 0.717) is 13.1 Å². The summed E-state index contributed by atoms with van der Waals surface area (Å²) < 4.78 is 19.0. The van der Waals surface area contributed by atoms with Crippen molar-refractivity contribution in [3.8, 4) is 5.75 Å². The molecule has 4 heterocycles. The Balaban J connectivity index is 1.24. The van der Waals surface area contributed by atoms with E-state index >= 15 is 0 Å². The summed E-state index contributed by atoms with van der Waals surface area (Å²) in [7, 11) is 1.64. The summed E-state index contributed by atoms with van der Waals surface area (Å²) in [6.45, 7) is 3.53. The average Bonchev–Trinajstić information content (AvgIpc) is 3.52. The number of hydrogen-bond donors (Lipinski definition) is 1. The topological polar surface area (TPSA) is 81.8 Å². The highest BCUT2D eigenvalue weighted by Gasteiger charge is 2.47. The van der Waals surface area contributed by atoms with Crippen LogP contribution >= 0.6 is 0 Å². The number of likely N-dealkylation sites (tertiary alicyclic amines) is 1. The monoisotopic (exact) mass is 436 g/mol. The van der Waals surface area contributed by atoms with Gasteiger partial charge in [0.15, 0.2) is 6.10 Å². The number of hydrogen-bond acceptors (Lipinski definition) is 6. The molecular formula is C24H28N4O4. The second-order valence-electron chi connectivity index (χ2n) is 8.48. The van der Waals surface area contributed by atoms with Crippen molar-refractivity contribution in [3.63, 3.8) is 0 Å². The number of carbonyl (C=O) groups is 1. The maximum Gasteiger partial charge on any atom is 0.251 e. The molecule has 1 N–H and O–H groups in total. The summed E-state index contributed by atoms with van der Waals surface area (Å²) in [5.74, 6) is 1.63. The van der Waals surface area contributed by atoms with E-state index in [1.165, 1.54) is 5.56 Å². The van der Waals surface area contributed by atoms with E-state index in [-0.39, 0.29) is 5.91 Å². The maximum atomic E-state index is 13.0. The number of rotatable bonds is 6. The van der Waals surface area contributed by atoms with Gasteiger partial charge in [-0.1, -0.05) is 12.1 Å². The summed E-state index contributed by atoms with van der Waals surface area (Å²) in [5, 5.41) is 3.03. The molecule has 1 saturated heterocycles. The molecule has 32 heavy (non-hydrogen) atoms. The van der Waals surface area contributed by atoms with Crippen molar-refractivity contribution in [1.82, 2.24) is 19.8 Å². The van der Waals surface area contributed by atoms with Gasteiger partial charge in [0.1, 0.15) is 17.2 Å². The third-order valence-corrected chi connectivity index (χ3v) is 6.42. The standard InChI is InChI=1S/C24H28N4O4/c1-30-20-4-2-18(3-5-20)14-26-22(29)21-16-28-12-9-25-23(28)24(32-21)7-10-27(11-8-24)15-19-6-13-31-17-19/h2-6,9,12-13,17,21H,7-8,10-11,14-16H2,1H3,(H,26,29). The van der Waals surface area contributed by atoms with Crippen LogP contribution in [0.1, 0.15) is 29.8 Å². The Bertz CT molecular complexity index is 1040. The van der Waals surface area contributed by atoms with Crippen LogP contribution < -0.4 is 10.1 Å². The minimum absolute atomic E-state index is 0.0969. The largest absolute Gasteiger partial charge is 0.497 e. The van der Waals surface area contributed by atoms with Crippen LogP contribution in [-0.4, -0.2) is 46.7 Å². The Labute approximate surface area is 187 Å². The van der Waals surface area contributed by atoms with Gasteiger partial charge in [-0.15, -0.1) is 0 Å². The summed E-state index contributed by atoms with van der Waals surface area (Å²) in [4.78, 5) is 20.0. The van der Waals surface area contributed by atoms with Gasteiger partial charge in [0.2, 0.25) is 0 Å². The van der Waals surface area contributed by atoms with Gasteiger partial charge in [-0.2, -0.15) is 0 Å². The quantitative estimate of drug-likeness (QED) is 0.640. The van der Waals surface area contributed by atoms with Crippen LogP contribution in [0.15, 0.2) is 59.7 Å². The van der Waals surface area contributed by atoms with Gasteiger partial charge in [0.05, 0.1) is 26.2 Å². The molecule has 0 aliphatic carbocycles. The molecule has 2 aliphatic heterocycles. The highest BCUT2D eigenvalue weighted by atomic mass is 16.5. The molecule has 0 saturated carbocycles. The summed E-state index contributed by atoms with van der Waals surface area (Å²) in [5.41, 5.74) is 1.65. The van der Waals surface area contributed by atoms with Crippen LogP contribution in [0.5, 0.6) is 5.75 Å². The van der Waals surface area contributed by atoms with Crippen molar-refractivity contribution in [1.29, 1.82) is 0 Å². The van der Waals surface area contributed by atoms with Crippen LogP contribution in [0.4, 0.5) is 0 Å². The molecule has 2 aromatic heterocycles. The number of piperidine rings is 1. The number of benzene rings is 1. The fourth-order valence-corrected chi connectivity index (χ4v) is 4.63. The van der Waals surface area contributed by atoms with E-state index < -0.39 is 11.7 Å². The van der Waals surface area contributed by atoms with Gasteiger partial charge in [-0.25, -0.2) is 4.98 Å². The van der Waals surface area contributed by atoms with Crippen molar-refractivity contribution in [3.05, 3.63) is 72.2 Å². The third-order valence-electron chi connectivity index (χ3n) is 6.42. The smallest absolute Gasteiger partial charge is 0.251 e. The highest BCUT2D eigenvalue weighted by Crippen LogP contribution is 2.40. The van der Waals surface area contributed by atoms with E-state index in [0.717, 1.165) is 49.6 Å². The van der Waals surface area contributed by atoms with Crippen molar-refractivity contribution >= 4 is 5.91 Å². The molecule has 5 rings (SSSR count). The normalized spacial score (nSPS) is 20.1. The zero-order valence-electron chi connectivity index (χ0n) is 18.2. The van der Waals surface area contributed by atoms with Crippen LogP contribution in [0, 0.1) is 0 Å². The zero-order valence-corrected chi connectivity index (χ0v) is 18.2. The van der Waals surface area contributed by atoms with Gasteiger partial charge in [0.25, 0.3) is 5.91 Å². The molecule has 1 fully saturated rings. The summed E-state index contributed by atoms with van der Waals surface area (Å²) >= 11 is 0. The Hall–Kier alpha value is -3.10. The second kappa shape index (κ2) is 8.80. The number of carbonyl (C=O) groups excluding carboxylic acids is 1. The molecule has 8 nitrogen and oxygen atoms in total. The van der Waals surface area contributed by atoms with Crippen molar-refractivity contribution in [2.24, 2.45) is 0 Å². The summed E-state index contributed by atoms with van der Waals surface area (Å²) in [6, 6.07) is 9.68. The first-order valence-corrected chi connectivity index (χ1v) is 11.0. The van der Waals surface area contributed by atoms with Crippen molar-refractivity contribution in [2.75, 3.05) is 20.2 Å². The van der Waals surface area contributed by atoms with Gasteiger partial charge in [0, 0.05) is 44.1 Å². The van der Waals surface area contributed by atoms with E-state index in [4.69, 9.17) is 13.9 Å². The predicted octanol–water partition coefficient (Wildman–Crippen LogP) is 2.69. The lowest BCUT2D eigenvalue weighted by Crippen LogP contribution is -2.53. The number of nitrogens with zero attached hydrogens (tertiary/aromatic N) is 3. The second-order valence-corrected chi connectivity index (χ2v) is 8.48. The fraction of sp³-hybridized carbons (Fsp3) is 0.417. The van der Waals surface area contributed by atoms with E-state index in [1.807, 2.05) is 36.5 Å². The van der Waals surface area contributed by atoms with Gasteiger partial charge >= 0.3 is 0 Å². The molecule has 1 spiro atoms. The molecule has 0 bridgehead atoms. The first-order chi connectivity index (χ1) is 15.6. The van der Waals surface area contributed by atoms with E-state index in [9.17, 15) is 4.79 Å². The van der Waals surface area contributed by atoms with E-state index in [2.05, 4.69) is 19.8 Å². The molecule has 1 atom stereocenters. The minimum atomic E-state index is -0.546. The maximum absolute atomic E-state index is 13.0. The molecule has 168 valence electrons. The molecule has 2 aliphatic rings. The Morgan fingerprint density at radius 2 is 2.03 bits per heavy atom. The minimum Gasteiger partial charge on any atom is -0.497 e. The average molecular weight is 437 g/mol. The molecule has 3 aromatic rings. The number of aromatic nitrogens is 2. The van der Waals surface area contributed by atoms with Gasteiger partial charge < -0.3 is 23.8 Å². The van der Waals surface area contributed by atoms with Crippen LogP contribution in [0.3, 0.4) is 0 Å². The molecule has 8 heteroatoms. The van der Waals surface area contributed by atoms with Crippen LogP contribution in [0.2, 0.25) is 0 Å². The number of amides is 1. The van der Waals surface area contributed by atoms with Gasteiger partial charge in [-0.3, -0.25) is 9.69 Å². The third kappa shape index (κ3) is 4.16. The lowest BCUT2D eigenvalue weighted by molar-refractivity contribution is -0.174. The molecule has 0 radical (unpaired) electrons. The van der Waals surface area contributed by atoms with Crippen molar-refractivity contribution in [2.45, 2.75) is 44.2 Å². The molecular weight excluding hydrogens is 408 g/mol. The number of ether oxygens (including phenoxy) is 2. The lowest BCUT2D eigenvalue weighted by Gasteiger charge is -2.45. The Morgan fingerprint density at radius 1 is 1.22 bits per heavy atom. The molecule has 1 amide bonds. The first kappa shape index (κ1) is 20.8. The lowest BCUT2D eigenvalue weighted by atomic mass is 9.88. The van der Waals surface area contributed by atoms with Crippen molar-refractivity contribution < 1.29 is 18.7 Å². The number of methoxy groups -OCH3 is 1. The molecule has 1 unspecified atom stereocenters. The zero-order chi connectivity index (χ0) is 22.0. The van der Waals surface area contributed by atoms with Gasteiger partial charge in [-0.05, 0) is 36.6 Å². The number of nitrogens with one attached hydrogen (secondary N) is 1. The van der Waals surface area contributed by atoms with E-state index in [1.54, 1.807) is 25.8 Å². The molecule has 1 aromatic carbocycles. The summed E-state index contributed by atoms with van der Waals surface area (Å²) in [6.07, 6.45) is 8.29. The number of fused-ring (bicyclic) bond motifs is 2. The Morgan fingerprint density at radius 3 is 2.75 bits per heavy atom. The number of imidazole rings is 1.